The minimum absolute atomic E-state index is 0.00262. The van der Waals surface area contributed by atoms with E-state index in [9.17, 15) is 18.0 Å². The van der Waals surface area contributed by atoms with E-state index in [1.807, 2.05) is 12.1 Å². The van der Waals surface area contributed by atoms with Crippen molar-refractivity contribution in [3.8, 4) is 0 Å². The zero-order valence-corrected chi connectivity index (χ0v) is 16.7. The second-order valence-corrected chi connectivity index (χ2v) is 8.31. The maximum absolute atomic E-state index is 12.3. The summed E-state index contributed by atoms with van der Waals surface area (Å²) in [5.41, 5.74) is 1.24. The molecule has 144 valence electrons. The van der Waals surface area contributed by atoms with Crippen LogP contribution in [0.2, 0.25) is 5.02 Å². The Morgan fingerprint density at radius 1 is 1.11 bits per heavy atom. The average molecular weight is 409 g/mol. The van der Waals surface area contributed by atoms with Crippen LogP contribution >= 0.6 is 11.6 Å². The Bertz CT molecular complexity index is 927. The van der Waals surface area contributed by atoms with E-state index >= 15 is 0 Å². The van der Waals surface area contributed by atoms with E-state index in [1.165, 1.54) is 30.0 Å². The zero-order chi connectivity index (χ0) is 20.0. The zero-order valence-electron chi connectivity index (χ0n) is 15.1. The van der Waals surface area contributed by atoms with Crippen molar-refractivity contribution in [3.63, 3.8) is 0 Å². The lowest BCUT2D eigenvalue weighted by Gasteiger charge is -2.17. The quantitative estimate of drug-likeness (QED) is 0.681. The molecule has 2 aromatic rings. The van der Waals surface area contributed by atoms with Crippen LogP contribution in [0.15, 0.2) is 53.4 Å². The van der Waals surface area contributed by atoms with Crippen LogP contribution in [0.3, 0.4) is 0 Å². The molecule has 0 spiro atoms. The van der Waals surface area contributed by atoms with Gasteiger partial charge in [-0.15, -0.1) is 0 Å². The Morgan fingerprint density at radius 2 is 1.78 bits per heavy atom. The van der Waals surface area contributed by atoms with Crippen molar-refractivity contribution in [3.05, 3.63) is 64.7 Å². The first kappa shape index (κ1) is 21.1. The number of nitrogens with one attached hydrogen (secondary N) is 1. The molecule has 0 heterocycles. The molecule has 1 N–H and O–H groups in total. The second kappa shape index (κ2) is 9.12. The summed E-state index contributed by atoms with van der Waals surface area (Å²) in [6, 6.07) is 12.9. The second-order valence-electron chi connectivity index (χ2n) is 6.11. The number of hydrogen-bond acceptors (Lipinski definition) is 4. The lowest BCUT2D eigenvalue weighted by atomic mass is 10.2. The smallest absolute Gasteiger partial charge is 0.240 e. The minimum atomic E-state index is -3.79. The Kier molecular flexibility index (Phi) is 7.12. The summed E-state index contributed by atoms with van der Waals surface area (Å²) in [6.07, 6.45) is 0.0235. The number of halogens is 1. The third-order valence-corrected chi connectivity index (χ3v) is 5.65. The SMILES string of the molecule is CC(=O)c1cccc(S(=O)(=O)NCCC(=O)N(C)Cc2ccc(Cl)cc2)c1. The molecule has 0 unspecified atom stereocenters. The van der Waals surface area contributed by atoms with Gasteiger partial charge in [0.05, 0.1) is 4.90 Å². The molecule has 0 aliphatic rings. The Morgan fingerprint density at radius 3 is 2.41 bits per heavy atom. The van der Waals surface area contributed by atoms with Crippen molar-refractivity contribution < 1.29 is 18.0 Å². The van der Waals surface area contributed by atoms with Crippen LogP contribution in [-0.4, -0.2) is 38.6 Å². The number of carbonyl (C=O) groups excluding carboxylic acids is 2. The van der Waals surface area contributed by atoms with Crippen LogP contribution < -0.4 is 4.72 Å². The van der Waals surface area contributed by atoms with Crippen molar-refractivity contribution in [2.75, 3.05) is 13.6 Å². The number of nitrogens with zero attached hydrogens (tertiary/aromatic N) is 1. The van der Waals surface area contributed by atoms with Gasteiger partial charge in [0.15, 0.2) is 5.78 Å². The lowest BCUT2D eigenvalue weighted by Crippen LogP contribution is -2.32. The van der Waals surface area contributed by atoms with Gasteiger partial charge in [0, 0.05) is 37.1 Å². The topological polar surface area (TPSA) is 83.5 Å². The van der Waals surface area contributed by atoms with E-state index in [4.69, 9.17) is 11.6 Å². The molecule has 2 aromatic carbocycles. The molecule has 27 heavy (non-hydrogen) atoms. The molecular formula is C19H21ClN2O4S. The third kappa shape index (κ3) is 6.16. The first-order valence-corrected chi connectivity index (χ1v) is 10.1. The van der Waals surface area contributed by atoms with Crippen molar-refractivity contribution in [1.82, 2.24) is 9.62 Å². The number of rotatable bonds is 8. The first-order chi connectivity index (χ1) is 12.7. The Labute approximate surface area is 164 Å². The number of Topliss-reactive ketones (excluding diaryl/α,β-unsaturated/α-hetero) is 1. The van der Waals surface area contributed by atoms with Crippen LogP contribution in [0.1, 0.15) is 29.3 Å². The molecule has 0 aliphatic carbocycles. The normalized spacial score (nSPS) is 11.2. The van der Waals surface area contributed by atoms with Gasteiger partial charge in [0.2, 0.25) is 15.9 Å². The monoisotopic (exact) mass is 408 g/mol. The molecular weight excluding hydrogens is 388 g/mol. The molecule has 0 bridgehead atoms. The highest BCUT2D eigenvalue weighted by atomic mass is 35.5. The minimum Gasteiger partial charge on any atom is -0.341 e. The van der Waals surface area contributed by atoms with Gasteiger partial charge >= 0.3 is 0 Å². The molecule has 6 nitrogen and oxygen atoms in total. The molecule has 2 rings (SSSR count). The van der Waals surface area contributed by atoms with E-state index < -0.39 is 10.0 Å². The van der Waals surface area contributed by atoms with Crippen LogP contribution in [0.5, 0.6) is 0 Å². The summed E-state index contributed by atoms with van der Waals surface area (Å²) in [5.74, 6) is -0.406. The van der Waals surface area contributed by atoms with Gasteiger partial charge in [0.1, 0.15) is 0 Å². The van der Waals surface area contributed by atoms with Gasteiger partial charge in [-0.3, -0.25) is 9.59 Å². The summed E-state index contributed by atoms with van der Waals surface area (Å²) >= 11 is 5.84. The van der Waals surface area contributed by atoms with Crippen molar-refractivity contribution >= 4 is 33.3 Å². The molecule has 0 aromatic heterocycles. The van der Waals surface area contributed by atoms with Crippen LogP contribution in [0, 0.1) is 0 Å². The third-order valence-electron chi connectivity index (χ3n) is 3.94. The first-order valence-electron chi connectivity index (χ1n) is 8.28. The van der Waals surface area contributed by atoms with Gasteiger partial charge in [-0.1, -0.05) is 35.9 Å². The fraction of sp³-hybridized carbons (Fsp3) is 0.263. The van der Waals surface area contributed by atoms with Crippen LogP contribution in [0.25, 0.3) is 0 Å². The highest BCUT2D eigenvalue weighted by molar-refractivity contribution is 7.89. The maximum Gasteiger partial charge on any atom is 0.240 e. The fourth-order valence-corrected chi connectivity index (χ4v) is 3.60. The molecule has 0 saturated carbocycles. The van der Waals surface area contributed by atoms with Crippen molar-refractivity contribution in [2.24, 2.45) is 0 Å². The molecule has 0 aliphatic heterocycles. The highest BCUT2D eigenvalue weighted by Gasteiger charge is 2.16. The van der Waals surface area contributed by atoms with E-state index in [0.717, 1.165) is 5.56 Å². The summed E-state index contributed by atoms with van der Waals surface area (Å²) in [7, 11) is -2.13. The summed E-state index contributed by atoms with van der Waals surface area (Å²) in [5, 5.41) is 0.621. The molecule has 8 heteroatoms. The number of amides is 1. The van der Waals surface area contributed by atoms with Gasteiger partial charge < -0.3 is 4.90 Å². The average Bonchev–Trinajstić information content (AvgIpc) is 2.63. The van der Waals surface area contributed by atoms with Gasteiger partial charge in [0.25, 0.3) is 0 Å². The van der Waals surface area contributed by atoms with Gasteiger partial charge in [-0.2, -0.15) is 0 Å². The van der Waals surface area contributed by atoms with Crippen LogP contribution in [0.4, 0.5) is 0 Å². The number of carbonyl (C=O) groups is 2. The largest absolute Gasteiger partial charge is 0.341 e. The summed E-state index contributed by atoms with van der Waals surface area (Å²) in [4.78, 5) is 25.1. The van der Waals surface area contributed by atoms with Gasteiger partial charge in [-0.25, -0.2) is 13.1 Å². The van der Waals surface area contributed by atoms with Crippen LogP contribution in [-0.2, 0) is 21.4 Å². The van der Waals surface area contributed by atoms with Crippen molar-refractivity contribution in [2.45, 2.75) is 24.8 Å². The van der Waals surface area contributed by atoms with Crippen molar-refractivity contribution in [1.29, 1.82) is 0 Å². The summed E-state index contributed by atoms with van der Waals surface area (Å²) in [6.45, 7) is 1.74. The van der Waals surface area contributed by atoms with E-state index in [0.29, 0.717) is 17.1 Å². The predicted octanol–water partition coefficient (Wildman–Crippen LogP) is 2.87. The Balaban J connectivity index is 1.90. The van der Waals surface area contributed by atoms with E-state index in [1.54, 1.807) is 25.2 Å². The number of benzene rings is 2. The molecule has 0 radical (unpaired) electrons. The summed E-state index contributed by atoms with van der Waals surface area (Å²) < 4.78 is 27.0. The molecule has 0 atom stereocenters. The lowest BCUT2D eigenvalue weighted by molar-refractivity contribution is -0.130. The number of ketones is 1. The van der Waals surface area contributed by atoms with E-state index in [2.05, 4.69) is 4.72 Å². The standard InChI is InChI=1S/C19H21ClN2O4S/c1-14(23)16-4-3-5-18(12-16)27(25,26)21-11-10-19(24)22(2)13-15-6-8-17(20)9-7-15/h3-9,12,21H,10-11,13H2,1-2H3. The molecule has 0 saturated heterocycles. The Hall–Kier alpha value is -2.22. The van der Waals surface area contributed by atoms with Gasteiger partial charge in [-0.05, 0) is 36.8 Å². The molecule has 1 amide bonds. The highest BCUT2D eigenvalue weighted by Crippen LogP contribution is 2.13. The van der Waals surface area contributed by atoms with E-state index in [-0.39, 0.29) is 29.6 Å². The number of sulfonamides is 1. The predicted molar refractivity (Wildman–Crippen MR) is 104 cm³/mol. The fourth-order valence-electron chi connectivity index (χ4n) is 2.40. The number of hydrogen-bond donors (Lipinski definition) is 1. The maximum atomic E-state index is 12.3. The molecule has 0 fully saturated rings.